The van der Waals surface area contributed by atoms with Gasteiger partial charge in [0.25, 0.3) is 6.43 Å². The van der Waals surface area contributed by atoms with E-state index in [4.69, 9.17) is 4.74 Å². The van der Waals surface area contributed by atoms with Crippen LogP contribution in [-0.4, -0.2) is 18.2 Å². The zero-order valence-corrected chi connectivity index (χ0v) is 11.4. The molecule has 1 aliphatic rings. The largest absolute Gasteiger partial charge is 0.496 e. The van der Waals surface area contributed by atoms with E-state index in [2.05, 4.69) is 0 Å². The van der Waals surface area contributed by atoms with Crippen LogP contribution in [0.3, 0.4) is 0 Å². The van der Waals surface area contributed by atoms with Crippen LogP contribution in [0.2, 0.25) is 0 Å². The summed E-state index contributed by atoms with van der Waals surface area (Å²) in [5.41, 5.74) is -0.650. The Morgan fingerprint density at radius 2 is 1.95 bits per heavy atom. The van der Waals surface area contributed by atoms with Gasteiger partial charge in [-0.2, -0.15) is 0 Å². The van der Waals surface area contributed by atoms with Crippen molar-refractivity contribution >= 4 is 5.97 Å². The molecule has 20 heavy (non-hydrogen) atoms. The minimum atomic E-state index is -2.59. The third-order valence-electron chi connectivity index (χ3n) is 4.11. The Kier molecular flexibility index (Phi) is 4.26. The highest BCUT2D eigenvalue weighted by Gasteiger charge is 2.43. The smallest absolute Gasteiger partial charge is 0.314 e. The molecule has 1 fully saturated rings. The Balaban J connectivity index is 2.50. The molecule has 5 heteroatoms. The van der Waals surface area contributed by atoms with Gasteiger partial charge in [0.05, 0.1) is 12.5 Å². The summed E-state index contributed by atoms with van der Waals surface area (Å²) in [7, 11) is 1.38. The van der Waals surface area contributed by atoms with E-state index in [1.807, 2.05) is 0 Å². The lowest BCUT2D eigenvalue weighted by atomic mass is 9.69. The number of benzene rings is 1. The Labute approximate surface area is 116 Å². The maximum atomic E-state index is 12.7. The van der Waals surface area contributed by atoms with Crippen molar-refractivity contribution in [3.8, 4) is 5.75 Å². The lowest BCUT2D eigenvalue weighted by Crippen LogP contribution is -2.38. The zero-order valence-electron chi connectivity index (χ0n) is 11.4. The van der Waals surface area contributed by atoms with Crippen LogP contribution in [0.4, 0.5) is 8.78 Å². The van der Waals surface area contributed by atoms with Crippen molar-refractivity contribution in [2.75, 3.05) is 7.11 Å². The number of carbonyl (C=O) groups is 1. The molecule has 1 saturated carbocycles. The molecule has 0 heterocycles. The van der Waals surface area contributed by atoms with Gasteiger partial charge in [-0.3, -0.25) is 4.79 Å². The quantitative estimate of drug-likeness (QED) is 0.911. The molecule has 1 N–H and O–H groups in total. The third kappa shape index (κ3) is 2.49. The van der Waals surface area contributed by atoms with E-state index in [0.717, 1.165) is 19.3 Å². The number of halogens is 2. The summed E-state index contributed by atoms with van der Waals surface area (Å²) in [6, 6.07) is 4.03. The van der Waals surface area contributed by atoms with E-state index in [1.165, 1.54) is 25.3 Å². The van der Waals surface area contributed by atoms with Crippen LogP contribution in [0.15, 0.2) is 18.2 Å². The molecule has 2 rings (SSSR count). The highest BCUT2D eigenvalue weighted by molar-refractivity contribution is 5.82. The second kappa shape index (κ2) is 5.77. The number of ether oxygens (including phenoxy) is 1. The van der Waals surface area contributed by atoms with Gasteiger partial charge in [0.1, 0.15) is 5.75 Å². The minimum Gasteiger partial charge on any atom is -0.496 e. The van der Waals surface area contributed by atoms with Crippen molar-refractivity contribution in [2.24, 2.45) is 0 Å². The van der Waals surface area contributed by atoms with Crippen LogP contribution >= 0.6 is 0 Å². The van der Waals surface area contributed by atoms with Gasteiger partial charge in [0.15, 0.2) is 0 Å². The van der Waals surface area contributed by atoms with Crippen molar-refractivity contribution in [1.29, 1.82) is 0 Å². The van der Waals surface area contributed by atoms with Crippen molar-refractivity contribution in [3.63, 3.8) is 0 Å². The molecule has 1 aromatic rings. The zero-order chi connectivity index (χ0) is 14.8. The van der Waals surface area contributed by atoms with E-state index in [1.54, 1.807) is 0 Å². The standard InChI is InChI=1S/C15H18F2O3/c1-20-12-9-10(13(16)17)5-6-11(12)15(14(18)19)7-3-2-4-8-15/h5-6,9,13H,2-4,7-8H2,1H3,(H,18,19). The van der Waals surface area contributed by atoms with Crippen LogP contribution in [0.25, 0.3) is 0 Å². The first kappa shape index (κ1) is 14.8. The fourth-order valence-electron chi connectivity index (χ4n) is 2.99. The summed E-state index contributed by atoms with van der Waals surface area (Å²) in [6.07, 6.45) is 1.11. The molecular formula is C15H18F2O3. The van der Waals surface area contributed by atoms with Crippen LogP contribution in [0.5, 0.6) is 5.75 Å². The number of methoxy groups -OCH3 is 1. The van der Waals surface area contributed by atoms with E-state index in [-0.39, 0.29) is 11.3 Å². The Morgan fingerprint density at radius 3 is 2.45 bits per heavy atom. The number of rotatable bonds is 4. The highest BCUT2D eigenvalue weighted by Crippen LogP contribution is 2.44. The molecule has 1 aromatic carbocycles. The number of carboxylic acid groups (broad SMARTS) is 1. The summed E-state index contributed by atoms with van der Waals surface area (Å²) in [4.78, 5) is 11.8. The molecule has 0 radical (unpaired) electrons. The molecule has 3 nitrogen and oxygen atoms in total. The van der Waals surface area contributed by atoms with Crippen molar-refractivity contribution in [3.05, 3.63) is 29.3 Å². The maximum Gasteiger partial charge on any atom is 0.314 e. The predicted molar refractivity (Wildman–Crippen MR) is 70.3 cm³/mol. The van der Waals surface area contributed by atoms with Crippen LogP contribution in [0, 0.1) is 0 Å². The molecule has 0 amide bonds. The van der Waals surface area contributed by atoms with E-state index < -0.39 is 17.8 Å². The van der Waals surface area contributed by atoms with E-state index >= 15 is 0 Å². The van der Waals surface area contributed by atoms with E-state index in [0.29, 0.717) is 18.4 Å². The van der Waals surface area contributed by atoms with Gasteiger partial charge in [0, 0.05) is 11.1 Å². The third-order valence-corrected chi connectivity index (χ3v) is 4.11. The average Bonchev–Trinajstić information content (AvgIpc) is 2.47. The summed E-state index contributed by atoms with van der Waals surface area (Å²) < 4.78 is 30.6. The van der Waals surface area contributed by atoms with Gasteiger partial charge in [-0.1, -0.05) is 31.4 Å². The predicted octanol–water partition coefficient (Wildman–Crippen LogP) is 3.92. The van der Waals surface area contributed by atoms with E-state index in [9.17, 15) is 18.7 Å². The number of aliphatic carboxylic acids is 1. The number of carboxylic acids is 1. The SMILES string of the molecule is COc1cc(C(F)F)ccc1C1(C(=O)O)CCCCC1. The summed E-state index contributed by atoms with van der Waals surface area (Å²) in [5, 5.41) is 9.64. The normalized spacial score (nSPS) is 18.0. The molecule has 0 aromatic heterocycles. The monoisotopic (exact) mass is 284 g/mol. The van der Waals surface area contributed by atoms with Crippen molar-refractivity contribution in [2.45, 2.75) is 43.9 Å². The van der Waals surface area contributed by atoms with Gasteiger partial charge < -0.3 is 9.84 Å². The second-order valence-corrected chi connectivity index (χ2v) is 5.21. The lowest BCUT2D eigenvalue weighted by Gasteiger charge is -2.34. The summed E-state index contributed by atoms with van der Waals surface area (Å²) in [5.74, 6) is -0.660. The molecule has 110 valence electrons. The molecule has 0 unspecified atom stereocenters. The molecule has 0 bridgehead atoms. The Hall–Kier alpha value is -1.65. The van der Waals surface area contributed by atoms with Crippen LogP contribution in [0.1, 0.15) is 49.7 Å². The molecule has 0 saturated heterocycles. The Bertz CT molecular complexity index is 494. The van der Waals surface area contributed by atoms with Crippen molar-refractivity contribution in [1.82, 2.24) is 0 Å². The van der Waals surface area contributed by atoms with Crippen LogP contribution < -0.4 is 4.74 Å². The fourth-order valence-corrected chi connectivity index (χ4v) is 2.99. The first-order valence-electron chi connectivity index (χ1n) is 6.71. The first-order chi connectivity index (χ1) is 9.51. The molecule has 0 atom stereocenters. The van der Waals surface area contributed by atoms with Gasteiger partial charge in [-0.25, -0.2) is 8.78 Å². The molecule has 0 spiro atoms. The number of hydrogen-bond acceptors (Lipinski definition) is 2. The Morgan fingerprint density at radius 1 is 1.30 bits per heavy atom. The molecular weight excluding hydrogens is 266 g/mol. The highest BCUT2D eigenvalue weighted by atomic mass is 19.3. The van der Waals surface area contributed by atoms with Crippen LogP contribution in [-0.2, 0) is 10.2 Å². The number of hydrogen-bond donors (Lipinski definition) is 1. The van der Waals surface area contributed by atoms with Gasteiger partial charge in [-0.15, -0.1) is 0 Å². The molecule has 0 aliphatic heterocycles. The lowest BCUT2D eigenvalue weighted by molar-refractivity contribution is -0.145. The minimum absolute atomic E-state index is 0.151. The summed E-state index contributed by atoms with van der Waals surface area (Å²) in [6.45, 7) is 0. The fraction of sp³-hybridized carbons (Fsp3) is 0.533. The molecule has 1 aliphatic carbocycles. The van der Waals surface area contributed by atoms with Crippen molar-refractivity contribution < 1.29 is 23.4 Å². The topological polar surface area (TPSA) is 46.5 Å². The summed E-state index contributed by atoms with van der Waals surface area (Å²) >= 11 is 0. The van der Waals surface area contributed by atoms with Gasteiger partial charge >= 0.3 is 5.97 Å². The average molecular weight is 284 g/mol. The van der Waals surface area contributed by atoms with Gasteiger partial charge in [-0.05, 0) is 18.9 Å². The second-order valence-electron chi connectivity index (χ2n) is 5.21. The maximum absolute atomic E-state index is 12.7. The number of alkyl halides is 2. The first-order valence-corrected chi connectivity index (χ1v) is 6.71. The van der Waals surface area contributed by atoms with Gasteiger partial charge in [0.2, 0.25) is 0 Å².